The Balaban J connectivity index is 1.55. The molecule has 1 saturated heterocycles. The molecular weight excluding hydrogens is 336 g/mol. The van der Waals surface area contributed by atoms with Crippen molar-refractivity contribution in [1.29, 1.82) is 0 Å². The standard InChI is InChI=1S/C17H24N6OS/c1-5-22-8-7-18-14(22)13-11(6-9-24-13)19-15-21-23-10-12(17(2,3)4)20-16(23)25-15/h7-8,10-11,13H,5-6,9H2,1-4H3,(H,19,21)/t11-,13-/m0/s1. The number of nitrogens with one attached hydrogen (secondary N) is 1. The molecule has 1 fully saturated rings. The molecular formula is C17H24N6OS. The molecule has 2 atom stereocenters. The van der Waals surface area contributed by atoms with Crippen LogP contribution in [-0.4, -0.2) is 36.8 Å². The van der Waals surface area contributed by atoms with Crippen molar-refractivity contribution < 1.29 is 4.74 Å². The molecule has 0 spiro atoms. The largest absolute Gasteiger partial charge is 0.368 e. The Bertz CT molecular complexity index is 842. The van der Waals surface area contributed by atoms with Crippen LogP contribution in [0.2, 0.25) is 0 Å². The van der Waals surface area contributed by atoms with Crippen molar-refractivity contribution >= 4 is 21.4 Å². The molecule has 7 nitrogen and oxygen atoms in total. The number of rotatable bonds is 4. The highest BCUT2D eigenvalue weighted by Crippen LogP contribution is 2.32. The summed E-state index contributed by atoms with van der Waals surface area (Å²) in [4.78, 5) is 10.1. The quantitative estimate of drug-likeness (QED) is 0.773. The summed E-state index contributed by atoms with van der Waals surface area (Å²) in [6, 6.07) is 0.172. The molecule has 4 rings (SSSR count). The molecule has 1 N–H and O–H groups in total. The van der Waals surface area contributed by atoms with Gasteiger partial charge in [-0.05, 0) is 13.3 Å². The first-order chi connectivity index (χ1) is 12.0. The molecule has 0 aliphatic carbocycles. The van der Waals surface area contributed by atoms with E-state index in [1.807, 2.05) is 23.1 Å². The lowest BCUT2D eigenvalue weighted by molar-refractivity contribution is 0.0976. The maximum atomic E-state index is 5.95. The van der Waals surface area contributed by atoms with Crippen LogP contribution in [0.15, 0.2) is 18.6 Å². The van der Waals surface area contributed by atoms with E-state index in [9.17, 15) is 0 Å². The van der Waals surface area contributed by atoms with Gasteiger partial charge in [-0.3, -0.25) is 0 Å². The molecule has 0 aromatic carbocycles. The van der Waals surface area contributed by atoms with Gasteiger partial charge >= 0.3 is 0 Å². The fourth-order valence-corrected chi connectivity index (χ4v) is 3.96. The maximum Gasteiger partial charge on any atom is 0.214 e. The summed E-state index contributed by atoms with van der Waals surface area (Å²) < 4.78 is 9.95. The first kappa shape index (κ1) is 16.5. The minimum absolute atomic E-state index is 0.0304. The van der Waals surface area contributed by atoms with E-state index < -0.39 is 0 Å². The third kappa shape index (κ3) is 3.04. The van der Waals surface area contributed by atoms with Crippen LogP contribution in [0.4, 0.5) is 5.13 Å². The summed E-state index contributed by atoms with van der Waals surface area (Å²) in [5.74, 6) is 0.980. The number of nitrogens with zero attached hydrogens (tertiary/aromatic N) is 5. The van der Waals surface area contributed by atoms with Gasteiger partial charge in [0, 0.05) is 31.0 Å². The Kier molecular flexibility index (Phi) is 4.04. The van der Waals surface area contributed by atoms with Gasteiger partial charge in [-0.1, -0.05) is 32.1 Å². The predicted octanol–water partition coefficient (Wildman–Crippen LogP) is 3.25. The summed E-state index contributed by atoms with van der Waals surface area (Å²) >= 11 is 1.58. The molecule has 8 heteroatoms. The molecule has 0 unspecified atom stereocenters. The van der Waals surface area contributed by atoms with Crippen LogP contribution in [-0.2, 0) is 16.7 Å². The number of fused-ring (bicyclic) bond motifs is 1. The zero-order valence-electron chi connectivity index (χ0n) is 15.1. The highest BCUT2D eigenvalue weighted by molar-refractivity contribution is 7.20. The number of ether oxygens (including phenoxy) is 1. The normalized spacial score (nSPS) is 21.3. The van der Waals surface area contributed by atoms with Gasteiger partial charge in [0.25, 0.3) is 0 Å². The zero-order chi connectivity index (χ0) is 17.6. The number of imidazole rings is 2. The van der Waals surface area contributed by atoms with E-state index in [-0.39, 0.29) is 17.6 Å². The summed E-state index contributed by atoms with van der Waals surface area (Å²) in [7, 11) is 0. The van der Waals surface area contributed by atoms with Crippen molar-refractivity contribution in [2.75, 3.05) is 11.9 Å². The van der Waals surface area contributed by atoms with Crippen molar-refractivity contribution in [2.24, 2.45) is 0 Å². The van der Waals surface area contributed by atoms with Gasteiger partial charge in [0.1, 0.15) is 11.9 Å². The van der Waals surface area contributed by atoms with Crippen LogP contribution in [0.25, 0.3) is 4.96 Å². The molecule has 1 aliphatic heterocycles. The van der Waals surface area contributed by atoms with Gasteiger partial charge in [0.05, 0.1) is 17.9 Å². The fourth-order valence-electron chi connectivity index (χ4n) is 3.12. The smallest absolute Gasteiger partial charge is 0.214 e. The Labute approximate surface area is 151 Å². The van der Waals surface area contributed by atoms with Crippen molar-refractivity contribution in [3.05, 3.63) is 30.1 Å². The van der Waals surface area contributed by atoms with E-state index in [1.54, 1.807) is 11.3 Å². The first-order valence-electron chi connectivity index (χ1n) is 8.71. The van der Waals surface area contributed by atoms with Gasteiger partial charge in [0.15, 0.2) is 0 Å². The van der Waals surface area contributed by atoms with Gasteiger partial charge in [-0.2, -0.15) is 0 Å². The van der Waals surface area contributed by atoms with Gasteiger partial charge < -0.3 is 14.6 Å². The second-order valence-electron chi connectivity index (χ2n) is 7.41. The lowest BCUT2D eigenvalue weighted by Gasteiger charge is -2.19. The summed E-state index contributed by atoms with van der Waals surface area (Å²) in [6.45, 7) is 10.2. The minimum Gasteiger partial charge on any atom is -0.368 e. The Hall–Kier alpha value is -1.93. The van der Waals surface area contributed by atoms with Crippen LogP contribution < -0.4 is 5.32 Å². The average Bonchev–Trinajstić information content (AvgIpc) is 3.28. The summed E-state index contributed by atoms with van der Waals surface area (Å²) in [6.07, 6.45) is 6.75. The van der Waals surface area contributed by atoms with E-state index in [4.69, 9.17) is 9.72 Å². The minimum atomic E-state index is -0.0451. The number of aryl methyl sites for hydroxylation is 1. The number of aromatic nitrogens is 5. The average molecular weight is 360 g/mol. The molecule has 25 heavy (non-hydrogen) atoms. The van der Waals surface area contributed by atoms with Crippen LogP contribution in [0, 0.1) is 0 Å². The van der Waals surface area contributed by atoms with Crippen molar-refractivity contribution in [1.82, 2.24) is 24.1 Å². The van der Waals surface area contributed by atoms with Crippen molar-refractivity contribution in [3.63, 3.8) is 0 Å². The zero-order valence-corrected chi connectivity index (χ0v) is 15.9. The Morgan fingerprint density at radius 1 is 1.40 bits per heavy atom. The SMILES string of the molecule is CCn1ccnc1[C@H]1OCC[C@@H]1Nc1nn2cc(C(C)(C)C)nc2s1. The van der Waals surface area contributed by atoms with Crippen LogP contribution >= 0.6 is 11.3 Å². The molecule has 0 bridgehead atoms. The molecule has 0 amide bonds. The summed E-state index contributed by atoms with van der Waals surface area (Å²) in [5.41, 5.74) is 1.09. The van der Waals surface area contributed by atoms with E-state index in [0.717, 1.165) is 41.2 Å². The Morgan fingerprint density at radius 2 is 2.24 bits per heavy atom. The van der Waals surface area contributed by atoms with Crippen molar-refractivity contribution in [3.8, 4) is 0 Å². The highest BCUT2D eigenvalue weighted by atomic mass is 32.1. The van der Waals surface area contributed by atoms with Crippen LogP contribution in [0.5, 0.6) is 0 Å². The maximum absolute atomic E-state index is 5.95. The predicted molar refractivity (Wildman–Crippen MR) is 98.2 cm³/mol. The van der Waals surface area contributed by atoms with Crippen molar-refractivity contribution in [2.45, 2.75) is 58.2 Å². The monoisotopic (exact) mass is 360 g/mol. The molecule has 0 radical (unpaired) electrons. The molecule has 0 saturated carbocycles. The lowest BCUT2D eigenvalue weighted by Crippen LogP contribution is -2.25. The van der Waals surface area contributed by atoms with Crippen LogP contribution in [0.3, 0.4) is 0 Å². The molecule has 4 heterocycles. The lowest BCUT2D eigenvalue weighted by atomic mass is 9.93. The fraction of sp³-hybridized carbons (Fsp3) is 0.588. The van der Waals surface area contributed by atoms with Gasteiger partial charge in [0.2, 0.25) is 10.1 Å². The molecule has 3 aromatic rings. The highest BCUT2D eigenvalue weighted by Gasteiger charge is 2.33. The third-order valence-electron chi connectivity index (χ3n) is 4.56. The topological polar surface area (TPSA) is 69.3 Å². The summed E-state index contributed by atoms with van der Waals surface area (Å²) in [5, 5.41) is 9.05. The van der Waals surface area contributed by atoms with E-state index >= 15 is 0 Å². The number of hydrogen-bond donors (Lipinski definition) is 1. The van der Waals surface area contributed by atoms with Gasteiger partial charge in [-0.25, -0.2) is 14.5 Å². The van der Waals surface area contributed by atoms with E-state index in [2.05, 4.69) is 47.7 Å². The van der Waals surface area contributed by atoms with E-state index in [0.29, 0.717) is 0 Å². The van der Waals surface area contributed by atoms with E-state index in [1.165, 1.54) is 0 Å². The Morgan fingerprint density at radius 3 is 2.96 bits per heavy atom. The first-order valence-corrected chi connectivity index (χ1v) is 9.53. The van der Waals surface area contributed by atoms with Gasteiger partial charge in [-0.15, -0.1) is 5.10 Å². The number of hydrogen-bond acceptors (Lipinski definition) is 6. The molecule has 134 valence electrons. The third-order valence-corrected chi connectivity index (χ3v) is 5.41. The molecule has 3 aromatic heterocycles. The molecule has 1 aliphatic rings. The second kappa shape index (κ2) is 6.10. The second-order valence-corrected chi connectivity index (χ2v) is 8.37. The number of anilines is 1. The van der Waals surface area contributed by atoms with Crippen LogP contribution in [0.1, 0.15) is 51.7 Å².